The smallest absolute Gasteiger partial charge is 0.160 e. The Kier molecular flexibility index (Phi) is 2.51. The molecule has 0 aliphatic carbocycles. The fraction of sp³-hybridized carbons (Fsp3) is 0.231. The van der Waals surface area contributed by atoms with Gasteiger partial charge in [-0.2, -0.15) is 5.10 Å². The predicted octanol–water partition coefficient (Wildman–Crippen LogP) is 2.67. The maximum absolute atomic E-state index is 4.45. The van der Waals surface area contributed by atoms with Gasteiger partial charge in [0.1, 0.15) is 0 Å². The van der Waals surface area contributed by atoms with Gasteiger partial charge in [-0.1, -0.05) is 6.92 Å². The van der Waals surface area contributed by atoms with Crippen molar-refractivity contribution < 1.29 is 0 Å². The van der Waals surface area contributed by atoms with Crippen LogP contribution in [0.4, 0.5) is 11.5 Å². The number of anilines is 2. The molecule has 3 aromatic heterocycles. The Morgan fingerprint density at radius 1 is 1.44 bits per heavy atom. The molecule has 0 saturated heterocycles. The van der Waals surface area contributed by atoms with Gasteiger partial charge in [-0.05, 0) is 25.5 Å². The van der Waals surface area contributed by atoms with Gasteiger partial charge in [0.15, 0.2) is 11.5 Å². The zero-order valence-electron chi connectivity index (χ0n) is 10.4. The minimum Gasteiger partial charge on any atom is -0.336 e. The van der Waals surface area contributed by atoms with E-state index < -0.39 is 0 Å². The second-order valence-corrected chi connectivity index (χ2v) is 4.28. The summed E-state index contributed by atoms with van der Waals surface area (Å²) >= 11 is 0. The molecule has 5 heteroatoms. The van der Waals surface area contributed by atoms with Gasteiger partial charge >= 0.3 is 0 Å². The second kappa shape index (κ2) is 4.18. The number of rotatable bonds is 3. The number of fused-ring (bicyclic) bond motifs is 1. The second-order valence-electron chi connectivity index (χ2n) is 4.28. The van der Waals surface area contributed by atoms with Gasteiger partial charge in [0.05, 0.1) is 5.69 Å². The van der Waals surface area contributed by atoms with Crippen molar-refractivity contribution in [1.29, 1.82) is 0 Å². The standard InChI is InChI=1S/C13H15N5/c1-3-10-8-14-13-11(5-4-6-18(10)13)15-12-7-9(2)16-17-12/h4-8H,3H2,1-2H3,(H2,15,16,17). The Hall–Kier alpha value is -2.30. The quantitative estimate of drug-likeness (QED) is 0.741. The number of pyridine rings is 1. The molecule has 0 aliphatic rings. The van der Waals surface area contributed by atoms with Crippen LogP contribution in [0.2, 0.25) is 0 Å². The Labute approximate surface area is 105 Å². The zero-order valence-corrected chi connectivity index (χ0v) is 10.4. The first-order chi connectivity index (χ1) is 8.78. The summed E-state index contributed by atoms with van der Waals surface area (Å²) in [6.07, 6.45) is 4.91. The fourth-order valence-corrected chi connectivity index (χ4v) is 2.04. The van der Waals surface area contributed by atoms with Crippen LogP contribution in [0.15, 0.2) is 30.6 Å². The lowest BCUT2D eigenvalue weighted by Gasteiger charge is -2.05. The van der Waals surface area contributed by atoms with E-state index in [1.807, 2.05) is 37.5 Å². The van der Waals surface area contributed by atoms with Crippen molar-refractivity contribution in [3.8, 4) is 0 Å². The first-order valence-electron chi connectivity index (χ1n) is 6.02. The van der Waals surface area contributed by atoms with Gasteiger partial charge < -0.3 is 9.72 Å². The van der Waals surface area contributed by atoms with Crippen molar-refractivity contribution >= 4 is 17.2 Å². The SMILES string of the molecule is CCc1cnc2c(Nc3cc(C)[nH]n3)cccn12. The highest BCUT2D eigenvalue weighted by Gasteiger charge is 2.07. The molecule has 0 bridgehead atoms. The third kappa shape index (κ3) is 1.73. The number of hydrogen-bond acceptors (Lipinski definition) is 3. The molecule has 0 radical (unpaired) electrons. The summed E-state index contributed by atoms with van der Waals surface area (Å²) < 4.78 is 2.10. The van der Waals surface area contributed by atoms with Gasteiger partial charge in [-0.25, -0.2) is 4.98 Å². The Bertz CT molecular complexity index is 680. The van der Waals surface area contributed by atoms with Crippen molar-refractivity contribution in [1.82, 2.24) is 19.6 Å². The van der Waals surface area contributed by atoms with E-state index in [0.717, 1.165) is 29.3 Å². The molecule has 0 fully saturated rings. The Balaban J connectivity index is 2.04. The van der Waals surface area contributed by atoms with Crippen molar-refractivity contribution in [2.45, 2.75) is 20.3 Å². The van der Waals surface area contributed by atoms with Crippen LogP contribution >= 0.6 is 0 Å². The first kappa shape index (κ1) is 10.8. The van der Waals surface area contributed by atoms with E-state index in [9.17, 15) is 0 Å². The zero-order chi connectivity index (χ0) is 12.5. The van der Waals surface area contributed by atoms with Gasteiger partial charge in [-0.3, -0.25) is 5.10 Å². The monoisotopic (exact) mass is 241 g/mol. The molecule has 0 unspecified atom stereocenters. The average molecular weight is 241 g/mol. The molecular weight excluding hydrogens is 226 g/mol. The highest BCUT2D eigenvalue weighted by Crippen LogP contribution is 2.21. The van der Waals surface area contributed by atoms with Crippen LogP contribution in [0.25, 0.3) is 5.65 Å². The molecule has 0 atom stereocenters. The van der Waals surface area contributed by atoms with Crippen molar-refractivity contribution in [2.75, 3.05) is 5.32 Å². The molecule has 0 aromatic carbocycles. The number of imidazole rings is 1. The molecule has 0 spiro atoms. The first-order valence-corrected chi connectivity index (χ1v) is 6.02. The third-order valence-electron chi connectivity index (χ3n) is 2.94. The van der Waals surface area contributed by atoms with Gasteiger partial charge in [0, 0.05) is 29.8 Å². The number of aryl methyl sites for hydroxylation is 2. The molecule has 18 heavy (non-hydrogen) atoms. The molecular formula is C13H15N5. The lowest BCUT2D eigenvalue weighted by Crippen LogP contribution is -1.96. The Morgan fingerprint density at radius 3 is 3.06 bits per heavy atom. The van der Waals surface area contributed by atoms with Crippen LogP contribution in [0.1, 0.15) is 18.3 Å². The van der Waals surface area contributed by atoms with Gasteiger partial charge in [0.2, 0.25) is 0 Å². The van der Waals surface area contributed by atoms with Gasteiger partial charge in [-0.15, -0.1) is 0 Å². The van der Waals surface area contributed by atoms with Crippen molar-refractivity contribution in [2.24, 2.45) is 0 Å². The summed E-state index contributed by atoms with van der Waals surface area (Å²) in [6, 6.07) is 5.98. The van der Waals surface area contributed by atoms with Crippen LogP contribution < -0.4 is 5.32 Å². The lowest BCUT2D eigenvalue weighted by molar-refractivity contribution is 0.995. The van der Waals surface area contributed by atoms with Gasteiger partial charge in [0.25, 0.3) is 0 Å². The highest BCUT2D eigenvalue weighted by molar-refractivity contribution is 5.72. The summed E-state index contributed by atoms with van der Waals surface area (Å²) in [5.74, 6) is 0.807. The van der Waals surface area contributed by atoms with Crippen LogP contribution in [0.3, 0.4) is 0 Å². The summed E-state index contributed by atoms with van der Waals surface area (Å²) in [4.78, 5) is 4.45. The van der Waals surface area contributed by atoms with Crippen LogP contribution in [-0.4, -0.2) is 19.6 Å². The molecule has 0 saturated carbocycles. The summed E-state index contributed by atoms with van der Waals surface area (Å²) in [6.45, 7) is 4.10. The molecule has 0 amide bonds. The van der Waals surface area contributed by atoms with Crippen LogP contribution in [0.5, 0.6) is 0 Å². The van der Waals surface area contributed by atoms with Crippen LogP contribution in [-0.2, 0) is 6.42 Å². The maximum Gasteiger partial charge on any atom is 0.160 e. The van der Waals surface area contributed by atoms with E-state index >= 15 is 0 Å². The van der Waals surface area contributed by atoms with Crippen LogP contribution in [0, 0.1) is 6.92 Å². The minimum absolute atomic E-state index is 0.807. The molecule has 5 nitrogen and oxygen atoms in total. The number of hydrogen-bond donors (Lipinski definition) is 2. The van der Waals surface area contributed by atoms with Crippen molar-refractivity contribution in [3.05, 3.63) is 42.0 Å². The summed E-state index contributed by atoms with van der Waals surface area (Å²) in [5, 5.41) is 10.4. The summed E-state index contributed by atoms with van der Waals surface area (Å²) in [5.41, 5.74) is 4.12. The molecule has 92 valence electrons. The minimum atomic E-state index is 0.807. The third-order valence-corrected chi connectivity index (χ3v) is 2.94. The number of nitrogens with one attached hydrogen (secondary N) is 2. The summed E-state index contributed by atoms with van der Waals surface area (Å²) in [7, 11) is 0. The topological polar surface area (TPSA) is 58.0 Å². The van der Waals surface area contributed by atoms with E-state index in [4.69, 9.17) is 0 Å². The highest BCUT2D eigenvalue weighted by atomic mass is 15.2. The Morgan fingerprint density at radius 2 is 2.33 bits per heavy atom. The molecule has 3 rings (SSSR count). The van der Waals surface area contributed by atoms with E-state index in [0.29, 0.717) is 0 Å². The number of H-pyrrole nitrogens is 1. The number of aromatic amines is 1. The predicted molar refractivity (Wildman–Crippen MR) is 71.2 cm³/mol. The molecule has 0 aliphatic heterocycles. The molecule has 3 aromatic rings. The largest absolute Gasteiger partial charge is 0.336 e. The normalized spacial score (nSPS) is 11.0. The molecule has 3 heterocycles. The van der Waals surface area contributed by atoms with E-state index in [1.165, 1.54) is 5.69 Å². The number of nitrogens with zero attached hydrogens (tertiary/aromatic N) is 3. The fourth-order valence-electron chi connectivity index (χ4n) is 2.04. The lowest BCUT2D eigenvalue weighted by atomic mass is 10.3. The molecule has 2 N–H and O–H groups in total. The van der Waals surface area contributed by atoms with E-state index in [2.05, 4.69) is 31.8 Å². The van der Waals surface area contributed by atoms with E-state index in [1.54, 1.807) is 0 Å². The van der Waals surface area contributed by atoms with E-state index in [-0.39, 0.29) is 0 Å². The maximum atomic E-state index is 4.45. The number of aromatic nitrogens is 4. The van der Waals surface area contributed by atoms with Crippen molar-refractivity contribution in [3.63, 3.8) is 0 Å². The average Bonchev–Trinajstić information content (AvgIpc) is 2.96.